The lowest BCUT2D eigenvalue weighted by molar-refractivity contribution is -0.117. The van der Waals surface area contributed by atoms with E-state index in [-0.39, 0.29) is 23.9 Å². The number of nitrogens with one attached hydrogen (secondary N) is 1. The van der Waals surface area contributed by atoms with Crippen molar-refractivity contribution in [1.82, 2.24) is 0 Å². The first-order chi connectivity index (χ1) is 15.0. The largest absolute Gasteiger partial charge is 0.378 e. The van der Waals surface area contributed by atoms with Gasteiger partial charge in [-0.15, -0.1) is 0 Å². The molecule has 0 aliphatic carbocycles. The molecular formula is C25H30N4O2. The molecule has 2 aliphatic heterocycles. The van der Waals surface area contributed by atoms with Crippen molar-refractivity contribution in [3.8, 4) is 6.07 Å². The molecule has 6 nitrogen and oxygen atoms in total. The number of fused-ring (bicyclic) bond motifs is 1. The monoisotopic (exact) mass is 418 g/mol. The highest BCUT2D eigenvalue weighted by atomic mass is 16.5. The smallest absolute Gasteiger partial charge is 0.224 e. The Morgan fingerprint density at radius 2 is 1.90 bits per heavy atom. The highest BCUT2D eigenvalue weighted by molar-refractivity contribution is 5.94. The van der Waals surface area contributed by atoms with E-state index in [0.29, 0.717) is 5.56 Å². The molecule has 2 aromatic rings. The number of amides is 1. The number of hydrogen-bond acceptors (Lipinski definition) is 5. The zero-order valence-corrected chi connectivity index (χ0v) is 18.5. The van der Waals surface area contributed by atoms with E-state index >= 15 is 0 Å². The van der Waals surface area contributed by atoms with E-state index in [4.69, 9.17) is 10.00 Å². The molecule has 1 N–H and O–H groups in total. The van der Waals surface area contributed by atoms with Crippen molar-refractivity contribution in [3.63, 3.8) is 0 Å². The number of carbonyl (C=O) groups is 1. The minimum Gasteiger partial charge on any atom is -0.378 e. The summed E-state index contributed by atoms with van der Waals surface area (Å²) in [5, 5.41) is 12.8. The maximum Gasteiger partial charge on any atom is 0.224 e. The van der Waals surface area contributed by atoms with Crippen LogP contribution in [-0.4, -0.2) is 38.3 Å². The van der Waals surface area contributed by atoms with Gasteiger partial charge in [0.1, 0.15) is 0 Å². The number of carbonyl (C=O) groups excluding carboxylic acids is 1. The standard InChI is InChI=1S/C25H30N4O2/c1-4-23-17(2)25(27-20-7-5-19(16-26)6-8-20)22-15-21(28-11-13-31-14-12-28)9-10-24(22)29(23)18(3)30/h5-10,15,17,23,25,27H,4,11-14H2,1-3H3/t17-,23-,25+/m0/s1. The quantitative estimate of drug-likeness (QED) is 0.800. The fraction of sp³-hybridized carbons (Fsp3) is 0.440. The summed E-state index contributed by atoms with van der Waals surface area (Å²) in [5.41, 5.74) is 4.91. The van der Waals surface area contributed by atoms with Crippen molar-refractivity contribution in [2.75, 3.05) is 41.4 Å². The van der Waals surface area contributed by atoms with Gasteiger partial charge in [0, 0.05) is 54.6 Å². The van der Waals surface area contributed by atoms with Gasteiger partial charge in [-0.05, 0) is 48.9 Å². The molecule has 31 heavy (non-hydrogen) atoms. The number of nitriles is 1. The molecule has 4 rings (SSSR count). The topological polar surface area (TPSA) is 68.6 Å². The lowest BCUT2D eigenvalue weighted by atomic mass is 9.80. The maximum absolute atomic E-state index is 12.6. The molecule has 3 atom stereocenters. The van der Waals surface area contributed by atoms with E-state index in [0.717, 1.165) is 49.7 Å². The zero-order valence-electron chi connectivity index (χ0n) is 18.5. The number of ether oxygens (including phenoxy) is 1. The van der Waals surface area contributed by atoms with Gasteiger partial charge in [0.25, 0.3) is 0 Å². The lowest BCUT2D eigenvalue weighted by Gasteiger charge is -2.46. The van der Waals surface area contributed by atoms with E-state index in [2.05, 4.69) is 48.3 Å². The first-order valence-corrected chi connectivity index (χ1v) is 11.1. The summed E-state index contributed by atoms with van der Waals surface area (Å²) in [6.45, 7) is 9.23. The summed E-state index contributed by atoms with van der Waals surface area (Å²) in [6, 6.07) is 16.4. The summed E-state index contributed by atoms with van der Waals surface area (Å²) in [7, 11) is 0. The van der Waals surface area contributed by atoms with Crippen LogP contribution >= 0.6 is 0 Å². The maximum atomic E-state index is 12.6. The van der Waals surface area contributed by atoms with E-state index < -0.39 is 0 Å². The molecule has 0 bridgehead atoms. The van der Waals surface area contributed by atoms with E-state index in [1.54, 1.807) is 6.92 Å². The Morgan fingerprint density at radius 1 is 1.19 bits per heavy atom. The van der Waals surface area contributed by atoms with Gasteiger partial charge in [-0.3, -0.25) is 4.79 Å². The van der Waals surface area contributed by atoms with E-state index in [1.165, 1.54) is 5.69 Å². The van der Waals surface area contributed by atoms with Gasteiger partial charge >= 0.3 is 0 Å². The molecule has 0 unspecified atom stereocenters. The number of hydrogen-bond donors (Lipinski definition) is 1. The molecule has 2 aromatic carbocycles. The van der Waals surface area contributed by atoms with Gasteiger partial charge in [-0.2, -0.15) is 5.26 Å². The molecule has 1 fully saturated rings. The van der Waals surface area contributed by atoms with Gasteiger partial charge in [0.05, 0.1) is 30.9 Å². The van der Waals surface area contributed by atoms with E-state index in [9.17, 15) is 4.79 Å². The summed E-state index contributed by atoms with van der Waals surface area (Å²) < 4.78 is 5.52. The fourth-order valence-electron chi connectivity index (χ4n) is 4.94. The second kappa shape index (κ2) is 8.99. The number of benzene rings is 2. The Morgan fingerprint density at radius 3 is 2.52 bits per heavy atom. The first-order valence-electron chi connectivity index (χ1n) is 11.1. The number of nitrogens with zero attached hydrogens (tertiary/aromatic N) is 3. The molecule has 1 saturated heterocycles. The normalized spacial score (nSPS) is 23.1. The van der Waals surface area contributed by atoms with Crippen molar-refractivity contribution in [2.45, 2.75) is 39.3 Å². The first kappa shape index (κ1) is 21.2. The summed E-state index contributed by atoms with van der Waals surface area (Å²) >= 11 is 0. The highest BCUT2D eigenvalue weighted by Crippen LogP contribution is 2.45. The average Bonchev–Trinajstić information content (AvgIpc) is 2.81. The van der Waals surface area contributed by atoms with Gasteiger partial charge in [0.2, 0.25) is 5.91 Å². The van der Waals surface area contributed by atoms with Crippen LogP contribution in [-0.2, 0) is 9.53 Å². The summed E-state index contributed by atoms with van der Waals surface area (Å²) in [4.78, 5) is 17.0. The molecule has 6 heteroatoms. The Balaban J connectivity index is 1.76. The molecule has 0 aromatic heterocycles. The molecule has 2 aliphatic rings. The van der Waals surface area contributed by atoms with Gasteiger partial charge in [0.15, 0.2) is 0 Å². The predicted octanol–water partition coefficient (Wildman–Crippen LogP) is 4.33. The van der Waals surface area contributed by atoms with Gasteiger partial charge in [-0.1, -0.05) is 13.8 Å². The van der Waals surface area contributed by atoms with Crippen molar-refractivity contribution in [3.05, 3.63) is 53.6 Å². The van der Waals surface area contributed by atoms with Crippen LogP contribution in [0.2, 0.25) is 0 Å². The Hall–Kier alpha value is -3.04. The van der Waals surface area contributed by atoms with Crippen LogP contribution in [0.5, 0.6) is 0 Å². The van der Waals surface area contributed by atoms with Crippen molar-refractivity contribution < 1.29 is 9.53 Å². The van der Waals surface area contributed by atoms with Crippen molar-refractivity contribution in [2.24, 2.45) is 5.92 Å². The van der Waals surface area contributed by atoms with Gasteiger partial charge in [-0.25, -0.2) is 0 Å². The van der Waals surface area contributed by atoms with Crippen molar-refractivity contribution in [1.29, 1.82) is 5.26 Å². The minimum atomic E-state index is 0.0597. The molecular weight excluding hydrogens is 388 g/mol. The van der Waals surface area contributed by atoms with Crippen LogP contribution in [0.3, 0.4) is 0 Å². The van der Waals surface area contributed by atoms with Gasteiger partial charge < -0.3 is 19.9 Å². The zero-order chi connectivity index (χ0) is 22.0. The Bertz CT molecular complexity index is 976. The molecule has 0 radical (unpaired) electrons. The third kappa shape index (κ3) is 4.11. The highest BCUT2D eigenvalue weighted by Gasteiger charge is 2.40. The van der Waals surface area contributed by atoms with E-state index in [1.807, 2.05) is 29.2 Å². The van der Waals surface area contributed by atoms with Crippen LogP contribution in [0.4, 0.5) is 17.1 Å². The molecule has 1 amide bonds. The Kier molecular flexibility index (Phi) is 6.15. The summed E-state index contributed by atoms with van der Waals surface area (Å²) in [5.74, 6) is 0.299. The minimum absolute atomic E-state index is 0.0597. The average molecular weight is 419 g/mol. The molecule has 0 spiro atoms. The second-order valence-electron chi connectivity index (χ2n) is 8.38. The molecule has 0 saturated carbocycles. The second-order valence-corrected chi connectivity index (χ2v) is 8.38. The Labute approximate surface area is 184 Å². The van der Waals surface area contributed by atoms with Crippen LogP contribution < -0.4 is 15.1 Å². The van der Waals surface area contributed by atoms with Crippen LogP contribution in [0.25, 0.3) is 0 Å². The molecule has 162 valence electrons. The molecule has 2 heterocycles. The third-order valence-electron chi connectivity index (χ3n) is 6.54. The number of morpholine rings is 1. The van der Waals surface area contributed by atoms with Crippen molar-refractivity contribution >= 4 is 23.0 Å². The van der Waals surface area contributed by atoms with Crippen LogP contribution in [0.1, 0.15) is 44.4 Å². The fourth-order valence-corrected chi connectivity index (χ4v) is 4.94. The lowest BCUT2D eigenvalue weighted by Crippen LogP contribution is -2.49. The number of anilines is 3. The van der Waals surface area contributed by atoms with Crippen LogP contribution in [0.15, 0.2) is 42.5 Å². The van der Waals surface area contributed by atoms with Crippen LogP contribution in [0, 0.1) is 17.2 Å². The SMILES string of the molecule is CC[C@H]1[C@H](C)[C@@H](Nc2ccc(C#N)cc2)c2cc(N3CCOCC3)ccc2N1C(C)=O. The summed E-state index contributed by atoms with van der Waals surface area (Å²) in [6.07, 6.45) is 0.886. The predicted molar refractivity (Wildman–Crippen MR) is 123 cm³/mol. The number of rotatable bonds is 4. The third-order valence-corrected chi connectivity index (χ3v) is 6.54.